The minimum Gasteiger partial charge on any atom is -0.338 e. The van der Waals surface area contributed by atoms with E-state index in [-0.39, 0.29) is 17.5 Å². The molecule has 3 rings (SSSR count). The Morgan fingerprint density at radius 3 is 2.83 bits per heavy atom. The predicted octanol–water partition coefficient (Wildman–Crippen LogP) is 2.55. The van der Waals surface area contributed by atoms with Crippen LogP contribution in [0.3, 0.4) is 0 Å². The maximum Gasteiger partial charge on any atom is 0.247 e. The smallest absolute Gasteiger partial charge is 0.247 e. The molecule has 1 aromatic carbocycles. The molecule has 0 spiro atoms. The molecular formula is C14H15Cl2N5O2S. The van der Waals surface area contributed by atoms with Gasteiger partial charge in [0.05, 0.1) is 28.4 Å². The van der Waals surface area contributed by atoms with Crippen LogP contribution in [0, 0.1) is 0 Å². The second-order valence-corrected chi connectivity index (χ2v) is 8.63. The Labute approximate surface area is 149 Å². The zero-order chi connectivity index (χ0) is 17.3. The zero-order valence-electron chi connectivity index (χ0n) is 12.8. The maximum absolute atomic E-state index is 11.6. The highest BCUT2D eigenvalue weighted by Crippen LogP contribution is 2.28. The van der Waals surface area contributed by atoms with Crippen molar-refractivity contribution >= 4 is 50.5 Å². The van der Waals surface area contributed by atoms with Crippen LogP contribution in [0.25, 0.3) is 0 Å². The molecule has 24 heavy (non-hydrogen) atoms. The van der Waals surface area contributed by atoms with Crippen LogP contribution in [-0.2, 0) is 9.84 Å². The number of hydrogen-bond donors (Lipinski definition) is 1. The van der Waals surface area contributed by atoms with Gasteiger partial charge in [-0.1, -0.05) is 23.2 Å². The summed E-state index contributed by atoms with van der Waals surface area (Å²) in [5, 5.41) is 12.0. The van der Waals surface area contributed by atoms with E-state index in [0.717, 1.165) is 0 Å². The van der Waals surface area contributed by atoms with Crippen LogP contribution < -0.4 is 10.2 Å². The summed E-state index contributed by atoms with van der Waals surface area (Å²) in [5.74, 6) is 1.08. The molecule has 0 saturated carbocycles. The minimum absolute atomic E-state index is 0.102. The first-order valence-corrected chi connectivity index (χ1v) is 9.77. The van der Waals surface area contributed by atoms with Gasteiger partial charge in [-0.2, -0.15) is 10.1 Å². The highest BCUT2D eigenvalue weighted by Gasteiger charge is 2.32. The van der Waals surface area contributed by atoms with Crippen molar-refractivity contribution in [2.45, 2.75) is 12.5 Å². The highest BCUT2D eigenvalue weighted by atomic mass is 35.5. The van der Waals surface area contributed by atoms with Crippen molar-refractivity contribution in [3.05, 3.63) is 34.4 Å². The molecule has 1 unspecified atom stereocenters. The van der Waals surface area contributed by atoms with E-state index in [0.29, 0.717) is 33.9 Å². The Morgan fingerprint density at radius 1 is 1.33 bits per heavy atom. The third-order valence-electron chi connectivity index (χ3n) is 3.81. The Morgan fingerprint density at radius 2 is 2.12 bits per heavy atom. The minimum atomic E-state index is -2.98. The van der Waals surface area contributed by atoms with Gasteiger partial charge in [0.2, 0.25) is 5.95 Å². The Bertz CT molecular complexity index is 862. The Hall–Kier alpha value is -1.64. The van der Waals surface area contributed by atoms with Gasteiger partial charge in [0, 0.05) is 18.1 Å². The molecule has 1 atom stereocenters. The molecule has 0 bridgehead atoms. The lowest BCUT2D eigenvalue weighted by Gasteiger charge is -2.23. The fourth-order valence-electron chi connectivity index (χ4n) is 2.48. The molecule has 0 radical (unpaired) electrons. The van der Waals surface area contributed by atoms with Crippen molar-refractivity contribution in [3.63, 3.8) is 0 Å². The number of anilines is 3. The normalized spacial score (nSPS) is 19.2. The molecule has 1 saturated heterocycles. The number of rotatable bonds is 4. The van der Waals surface area contributed by atoms with Gasteiger partial charge in [-0.25, -0.2) is 8.42 Å². The summed E-state index contributed by atoms with van der Waals surface area (Å²) in [7, 11) is -1.22. The number of halogens is 2. The molecule has 0 aliphatic carbocycles. The number of nitrogens with one attached hydrogen (secondary N) is 1. The summed E-state index contributed by atoms with van der Waals surface area (Å²) >= 11 is 12.1. The van der Waals surface area contributed by atoms with Crippen molar-refractivity contribution in [1.82, 2.24) is 15.2 Å². The first kappa shape index (κ1) is 17.2. The van der Waals surface area contributed by atoms with E-state index in [1.54, 1.807) is 30.1 Å². The van der Waals surface area contributed by atoms with Crippen LogP contribution in [0.5, 0.6) is 0 Å². The van der Waals surface area contributed by atoms with Gasteiger partial charge in [-0.05, 0) is 24.6 Å². The highest BCUT2D eigenvalue weighted by molar-refractivity contribution is 7.91. The van der Waals surface area contributed by atoms with E-state index >= 15 is 0 Å². The SMILES string of the molecule is CN(c1nncc(Nc2cc(Cl)ccc2Cl)n1)C1CCS(=O)(=O)C1. The first-order valence-electron chi connectivity index (χ1n) is 7.19. The molecule has 2 aromatic rings. The molecule has 1 aromatic heterocycles. The number of aromatic nitrogens is 3. The van der Waals surface area contributed by atoms with Gasteiger partial charge in [-0.15, -0.1) is 5.10 Å². The van der Waals surface area contributed by atoms with E-state index in [1.165, 1.54) is 6.20 Å². The van der Waals surface area contributed by atoms with Gasteiger partial charge >= 0.3 is 0 Å². The summed E-state index contributed by atoms with van der Waals surface area (Å²) in [6.07, 6.45) is 2.01. The van der Waals surface area contributed by atoms with E-state index in [1.807, 2.05) is 0 Å². The van der Waals surface area contributed by atoms with Crippen LogP contribution in [0.15, 0.2) is 24.4 Å². The van der Waals surface area contributed by atoms with Gasteiger partial charge in [0.1, 0.15) is 0 Å². The third kappa shape index (κ3) is 3.88. The van der Waals surface area contributed by atoms with Gasteiger partial charge in [-0.3, -0.25) is 0 Å². The number of nitrogens with zero attached hydrogens (tertiary/aromatic N) is 4. The van der Waals surface area contributed by atoms with E-state index in [4.69, 9.17) is 23.2 Å². The van der Waals surface area contributed by atoms with Crippen LogP contribution in [0.4, 0.5) is 17.5 Å². The molecule has 2 heterocycles. The van der Waals surface area contributed by atoms with Gasteiger partial charge in [0.15, 0.2) is 15.7 Å². The van der Waals surface area contributed by atoms with Crippen LogP contribution in [-0.4, -0.2) is 48.2 Å². The lowest BCUT2D eigenvalue weighted by atomic mass is 10.2. The van der Waals surface area contributed by atoms with Crippen molar-refractivity contribution in [3.8, 4) is 0 Å². The molecule has 0 amide bonds. The second-order valence-electron chi connectivity index (χ2n) is 5.56. The Kier molecular flexibility index (Phi) is 4.80. The number of hydrogen-bond acceptors (Lipinski definition) is 7. The summed E-state index contributed by atoms with van der Waals surface area (Å²) in [6, 6.07) is 4.89. The van der Waals surface area contributed by atoms with Crippen molar-refractivity contribution in [2.24, 2.45) is 0 Å². The quantitative estimate of drug-likeness (QED) is 0.861. The van der Waals surface area contributed by atoms with Gasteiger partial charge in [0.25, 0.3) is 0 Å². The average Bonchev–Trinajstić information content (AvgIpc) is 2.90. The molecule has 1 aliphatic rings. The lowest BCUT2D eigenvalue weighted by Crippen LogP contribution is -2.34. The van der Waals surface area contributed by atoms with Crippen LogP contribution in [0.2, 0.25) is 10.0 Å². The van der Waals surface area contributed by atoms with E-state index in [2.05, 4.69) is 20.5 Å². The van der Waals surface area contributed by atoms with Gasteiger partial charge < -0.3 is 10.2 Å². The molecule has 1 N–H and O–H groups in total. The average molecular weight is 388 g/mol. The van der Waals surface area contributed by atoms with Crippen molar-refractivity contribution in [1.29, 1.82) is 0 Å². The zero-order valence-corrected chi connectivity index (χ0v) is 15.1. The largest absolute Gasteiger partial charge is 0.338 e. The third-order valence-corrected chi connectivity index (χ3v) is 6.13. The van der Waals surface area contributed by atoms with Crippen LogP contribution >= 0.6 is 23.2 Å². The Balaban J connectivity index is 1.80. The number of benzene rings is 1. The molecule has 1 aliphatic heterocycles. The number of sulfone groups is 1. The van der Waals surface area contributed by atoms with Crippen LogP contribution in [0.1, 0.15) is 6.42 Å². The lowest BCUT2D eigenvalue weighted by molar-refractivity contribution is 0.600. The maximum atomic E-state index is 11.6. The standard InChI is InChI=1S/C14H15Cl2N5O2S/c1-21(10-4-5-24(22,23)8-10)14-19-13(7-17-20-14)18-12-6-9(15)2-3-11(12)16/h2-3,6-7,10H,4-5,8H2,1H3,(H,18,19,20). The first-order chi connectivity index (χ1) is 11.3. The second kappa shape index (κ2) is 6.70. The van der Waals surface area contributed by atoms with E-state index < -0.39 is 9.84 Å². The molecule has 7 nitrogen and oxygen atoms in total. The summed E-state index contributed by atoms with van der Waals surface area (Å²) in [5.41, 5.74) is 0.599. The molecule has 1 fully saturated rings. The topological polar surface area (TPSA) is 88.1 Å². The monoisotopic (exact) mass is 387 g/mol. The molecular weight excluding hydrogens is 373 g/mol. The predicted molar refractivity (Wildman–Crippen MR) is 95.0 cm³/mol. The fraction of sp³-hybridized carbons (Fsp3) is 0.357. The summed E-state index contributed by atoms with van der Waals surface area (Å²) in [6.45, 7) is 0. The molecule has 128 valence electrons. The molecule has 10 heteroatoms. The summed E-state index contributed by atoms with van der Waals surface area (Å²) in [4.78, 5) is 6.11. The van der Waals surface area contributed by atoms with Crippen molar-refractivity contribution < 1.29 is 8.42 Å². The summed E-state index contributed by atoms with van der Waals surface area (Å²) < 4.78 is 23.3. The fourth-order valence-corrected chi connectivity index (χ4v) is 4.59. The van der Waals surface area contributed by atoms with Crippen molar-refractivity contribution in [2.75, 3.05) is 28.8 Å². The van der Waals surface area contributed by atoms with E-state index in [9.17, 15) is 8.42 Å².